The van der Waals surface area contributed by atoms with Crippen LogP contribution in [0.25, 0.3) is 0 Å². The molecule has 0 aliphatic carbocycles. The molecule has 0 radical (unpaired) electrons. The van der Waals surface area contributed by atoms with E-state index in [0.29, 0.717) is 85.3 Å². The van der Waals surface area contributed by atoms with Crippen molar-refractivity contribution in [2.45, 2.75) is 102 Å². The predicted molar refractivity (Wildman–Crippen MR) is 210 cm³/mol. The van der Waals surface area contributed by atoms with Crippen LogP contribution in [0.15, 0.2) is 45.6 Å². The minimum absolute atomic E-state index is 0.00394. The predicted octanol–water partition coefficient (Wildman–Crippen LogP) is 4.65. The smallest absolute Gasteiger partial charge is 0.407 e. The molecule has 3 heterocycles. The summed E-state index contributed by atoms with van der Waals surface area (Å²) in [7, 11) is 0. The van der Waals surface area contributed by atoms with E-state index < -0.39 is 41.7 Å². The van der Waals surface area contributed by atoms with Crippen LogP contribution in [-0.2, 0) is 20.7 Å². The monoisotopic (exact) mass is 878 g/mol. The Kier molecular flexibility index (Phi) is 15.8. The first-order valence-electron chi connectivity index (χ1n) is 18.3. The molecule has 15 nitrogen and oxygen atoms in total. The molecule has 17 heteroatoms. The zero-order chi connectivity index (χ0) is 39.4. The Balaban J connectivity index is 1.48. The fourth-order valence-corrected chi connectivity index (χ4v) is 7.93. The van der Waals surface area contributed by atoms with Crippen molar-refractivity contribution in [3.63, 3.8) is 0 Å². The lowest BCUT2D eigenvalue weighted by Gasteiger charge is -2.35. The number of nitrogens with one attached hydrogen (secondary N) is 4. The molecule has 2 aromatic rings. The Morgan fingerprint density at radius 1 is 0.926 bits per heavy atom. The second kappa shape index (κ2) is 20.0. The number of piperidine rings is 2. The van der Waals surface area contributed by atoms with Crippen molar-refractivity contribution in [1.82, 2.24) is 36.1 Å². The van der Waals surface area contributed by atoms with Gasteiger partial charge in [-0.05, 0) is 139 Å². The summed E-state index contributed by atoms with van der Waals surface area (Å²) in [6, 6.07) is 4.13. The van der Waals surface area contributed by atoms with Gasteiger partial charge in [0.2, 0.25) is 11.8 Å². The van der Waals surface area contributed by atoms with Crippen molar-refractivity contribution in [2.24, 2.45) is 5.73 Å². The standard InChI is InChI=1S/C37H52Br2N8O7/c1-37(2,3)54-36(53)42-13-5-4-6-29(33(50)46-16-9-25(10-17-46)24-7-14-41-15-8-24)44-32(49)30(22-23-20-27(38)31(48)28(39)21-23)45-35(52)47-18-11-26(12-19-47)43-34(40)51/h7-8,14-15,20-21,25-26,29-30,48H,4-6,9-13,16-19,22H2,1-3H3,(H,42,53)(H,44,49)(H,45,52)(H3,40,43,51)/t29-,30+/m0/s1. The number of unbranched alkanes of at least 4 members (excludes halogenated alkanes) is 1. The molecule has 0 spiro atoms. The molecule has 2 atom stereocenters. The Morgan fingerprint density at radius 2 is 1.54 bits per heavy atom. The molecular formula is C37H52Br2N8O7. The van der Waals surface area contributed by atoms with Gasteiger partial charge in [0, 0.05) is 57.6 Å². The summed E-state index contributed by atoms with van der Waals surface area (Å²) in [4.78, 5) is 72.8. The second-order valence-corrected chi connectivity index (χ2v) is 16.5. The fourth-order valence-electron chi connectivity index (χ4n) is 6.65. The molecule has 0 unspecified atom stereocenters. The van der Waals surface area contributed by atoms with Gasteiger partial charge in [-0.15, -0.1) is 0 Å². The number of hydrogen-bond acceptors (Lipinski definition) is 8. The van der Waals surface area contributed by atoms with E-state index in [4.69, 9.17) is 10.5 Å². The largest absolute Gasteiger partial charge is 0.506 e. The fraction of sp³-hybridized carbons (Fsp3) is 0.568. The average Bonchev–Trinajstić information content (AvgIpc) is 3.12. The number of aromatic hydroxyl groups is 1. The van der Waals surface area contributed by atoms with Crippen LogP contribution in [0.5, 0.6) is 5.75 Å². The van der Waals surface area contributed by atoms with Crippen molar-refractivity contribution in [3.05, 3.63) is 56.7 Å². The number of hydrogen-bond donors (Lipinski definition) is 6. The molecular weight excluding hydrogens is 828 g/mol. The third-order valence-corrected chi connectivity index (χ3v) is 10.7. The normalized spacial score (nSPS) is 16.5. The molecule has 296 valence electrons. The SMILES string of the molecule is CC(C)(C)OC(=O)NCCCC[C@H](NC(=O)[C@@H](Cc1cc(Br)c(O)c(Br)c1)NC(=O)N1CCC(NC(N)=O)CC1)C(=O)N1CCC(c2ccncc2)CC1. The zero-order valence-corrected chi connectivity index (χ0v) is 34.2. The number of rotatable bonds is 13. The summed E-state index contributed by atoms with van der Waals surface area (Å²) in [5, 5.41) is 21.6. The molecule has 0 saturated carbocycles. The number of halogens is 2. The number of likely N-dealkylation sites (tertiary alicyclic amines) is 2. The van der Waals surface area contributed by atoms with Gasteiger partial charge in [0.25, 0.3) is 0 Å². The lowest BCUT2D eigenvalue weighted by atomic mass is 9.89. The number of nitrogens with two attached hydrogens (primary N) is 1. The zero-order valence-electron chi connectivity index (χ0n) is 31.0. The van der Waals surface area contributed by atoms with Gasteiger partial charge < -0.3 is 46.6 Å². The van der Waals surface area contributed by atoms with Crippen molar-refractivity contribution in [1.29, 1.82) is 0 Å². The highest BCUT2D eigenvalue weighted by Crippen LogP contribution is 2.34. The summed E-state index contributed by atoms with van der Waals surface area (Å²) in [5.74, 6) is -0.452. The number of primary amides is 1. The van der Waals surface area contributed by atoms with E-state index in [1.165, 1.54) is 5.56 Å². The number of phenols is 1. The van der Waals surface area contributed by atoms with Crippen LogP contribution in [0.1, 0.15) is 82.8 Å². The van der Waals surface area contributed by atoms with Crippen molar-refractivity contribution in [3.8, 4) is 5.75 Å². The quantitative estimate of drug-likeness (QED) is 0.156. The Bertz CT molecular complexity index is 1590. The summed E-state index contributed by atoms with van der Waals surface area (Å²) in [5.41, 5.74) is 6.47. The summed E-state index contributed by atoms with van der Waals surface area (Å²) < 4.78 is 6.13. The molecule has 0 bridgehead atoms. The number of benzene rings is 1. The number of urea groups is 2. The summed E-state index contributed by atoms with van der Waals surface area (Å²) in [6.07, 6.45) is 6.98. The van der Waals surface area contributed by atoms with Crippen LogP contribution in [-0.4, -0.2) is 106 Å². The molecule has 1 aromatic heterocycles. The highest BCUT2D eigenvalue weighted by atomic mass is 79.9. The number of amides is 7. The van der Waals surface area contributed by atoms with Gasteiger partial charge in [-0.3, -0.25) is 14.6 Å². The number of aromatic nitrogens is 1. The number of carbonyl (C=O) groups is 5. The average molecular weight is 881 g/mol. The molecule has 1 aromatic carbocycles. The second-order valence-electron chi connectivity index (χ2n) is 14.7. The molecule has 2 fully saturated rings. The number of pyridine rings is 1. The van der Waals surface area contributed by atoms with Gasteiger partial charge >= 0.3 is 18.2 Å². The molecule has 4 rings (SSSR count). The van der Waals surface area contributed by atoms with E-state index in [0.717, 1.165) is 12.8 Å². The third kappa shape index (κ3) is 13.3. The van der Waals surface area contributed by atoms with Crippen molar-refractivity contribution < 1.29 is 33.8 Å². The molecule has 2 aliphatic heterocycles. The van der Waals surface area contributed by atoms with Crippen LogP contribution in [0.4, 0.5) is 14.4 Å². The first-order valence-corrected chi connectivity index (χ1v) is 19.9. The van der Waals surface area contributed by atoms with E-state index in [2.05, 4.69) is 58.1 Å². The van der Waals surface area contributed by atoms with E-state index in [-0.39, 0.29) is 24.1 Å². The summed E-state index contributed by atoms with van der Waals surface area (Å²) >= 11 is 6.69. The van der Waals surface area contributed by atoms with Gasteiger partial charge in [-0.1, -0.05) is 0 Å². The highest BCUT2D eigenvalue weighted by molar-refractivity contribution is 9.11. The minimum Gasteiger partial charge on any atom is -0.506 e. The first-order chi connectivity index (χ1) is 25.6. The summed E-state index contributed by atoms with van der Waals surface area (Å²) in [6.45, 7) is 7.41. The maximum atomic E-state index is 14.2. The lowest BCUT2D eigenvalue weighted by molar-refractivity contribution is -0.138. The topological polar surface area (TPSA) is 208 Å². The van der Waals surface area contributed by atoms with Gasteiger partial charge in [-0.2, -0.15) is 0 Å². The Hall–Kier alpha value is -4.12. The number of carbonyl (C=O) groups excluding carboxylic acids is 5. The van der Waals surface area contributed by atoms with Crippen LogP contribution < -0.4 is 27.0 Å². The lowest BCUT2D eigenvalue weighted by Crippen LogP contribution is -2.58. The molecule has 54 heavy (non-hydrogen) atoms. The van der Waals surface area contributed by atoms with Crippen LogP contribution in [0, 0.1) is 0 Å². The maximum absolute atomic E-state index is 14.2. The van der Waals surface area contributed by atoms with Gasteiger partial charge in [-0.25, -0.2) is 14.4 Å². The molecule has 7 amide bonds. The van der Waals surface area contributed by atoms with E-state index in [9.17, 15) is 29.1 Å². The number of phenolic OH excluding ortho intramolecular Hbond substituents is 1. The van der Waals surface area contributed by atoms with E-state index >= 15 is 0 Å². The van der Waals surface area contributed by atoms with E-state index in [1.54, 1.807) is 55.1 Å². The van der Waals surface area contributed by atoms with Gasteiger partial charge in [0.15, 0.2) is 0 Å². The first kappa shape index (κ1) is 42.6. The Labute approximate surface area is 333 Å². The van der Waals surface area contributed by atoms with Gasteiger partial charge in [0.1, 0.15) is 23.4 Å². The van der Waals surface area contributed by atoms with Crippen LogP contribution in [0.3, 0.4) is 0 Å². The van der Waals surface area contributed by atoms with Crippen LogP contribution in [0.2, 0.25) is 0 Å². The minimum atomic E-state index is -1.08. The van der Waals surface area contributed by atoms with Crippen molar-refractivity contribution in [2.75, 3.05) is 32.7 Å². The molecule has 2 saturated heterocycles. The van der Waals surface area contributed by atoms with E-state index in [1.807, 2.05) is 12.1 Å². The molecule has 7 N–H and O–H groups in total. The number of alkyl carbamates (subject to hydrolysis) is 1. The van der Waals surface area contributed by atoms with Gasteiger partial charge in [0.05, 0.1) is 8.95 Å². The number of nitrogens with zero attached hydrogens (tertiary/aromatic N) is 3. The number of ether oxygens (including phenoxy) is 1. The molecule has 2 aliphatic rings. The van der Waals surface area contributed by atoms with Crippen LogP contribution >= 0.6 is 31.9 Å². The highest BCUT2D eigenvalue weighted by Gasteiger charge is 2.33. The maximum Gasteiger partial charge on any atom is 0.407 e. The third-order valence-electron chi connectivity index (χ3n) is 9.45. The Morgan fingerprint density at radius 3 is 2.13 bits per heavy atom. The van der Waals surface area contributed by atoms with Crippen molar-refractivity contribution >= 4 is 61.8 Å².